The largest absolute Gasteiger partial charge is 0.475 e. The maximum atomic E-state index is 11.1. The van der Waals surface area contributed by atoms with Crippen molar-refractivity contribution < 1.29 is 19.1 Å². The Kier molecular flexibility index (Phi) is 3.03. The SMILES string of the molecule is CC(=O)N1CCN(c2ccc(C(=O)O)o2)CC1. The van der Waals surface area contributed by atoms with E-state index >= 15 is 0 Å². The number of piperazine rings is 1. The Morgan fingerprint density at radius 1 is 1.24 bits per heavy atom. The highest BCUT2D eigenvalue weighted by atomic mass is 16.4. The van der Waals surface area contributed by atoms with Crippen LogP contribution in [0.15, 0.2) is 16.5 Å². The van der Waals surface area contributed by atoms with Crippen molar-refractivity contribution in [3.05, 3.63) is 17.9 Å². The molecule has 0 aromatic carbocycles. The first-order valence-corrected chi connectivity index (χ1v) is 5.41. The van der Waals surface area contributed by atoms with Crippen LogP contribution in [-0.4, -0.2) is 48.1 Å². The number of nitrogens with zero attached hydrogens (tertiary/aromatic N) is 2. The first kappa shape index (κ1) is 11.5. The van der Waals surface area contributed by atoms with E-state index in [0.717, 1.165) is 0 Å². The fourth-order valence-corrected chi connectivity index (χ4v) is 1.85. The monoisotopic (exact) mass is 238 g/mol. The second-order valence-corrected chi connectivity index (χ2v) is 3.94. The van der Waals surface area contributed by atoms with E-state index in [0.29, 0.717) is 32.1 Å². The van der Waals surface area contributed by atoms with E-state index in [-0.39, 0.29) is 11.7 Å². The highest BCUT2D eigenvalue weighted by Gasteiger charge is 2.21. The van der Waals surface area contributed by atoms with Crippen molar-refractivity contribution in [3.8, 4) is 0 Å². The van der Waals surface area contributed by atoms with Gasteiger partial charge in [-0.2, -0.15) is 0 Å². The van der Waals surface area contributed by atoms with E-state index in [1.807, 2.05) is 4.90 Å². The van der Waals surface area contributed by atoms with E-state index in [9.17, 15) is 9.59 Å². The van der Waals surface area contributed by atoms with Crippen LogP contribution in [0.1, 0.15) is 17.5 Å². The molecule has 2 heterocycles. The average molecular weight is 238 g/mol. The molecule has 6 heteroatoms. The predicted molar refractivity (Wildman–Crippen MR) is 60.1 cm³/mol. The molecule has 2 rings (SSSR count). The normalized spacial score (nSPS) is 16.1. The van der Waals surface area contributed by atoms with Gasteiger partial charge in [0, 0.05) is 39.2 Å². The highest BCUT2D eigenvalue weighted by molar-refractivity contribution is 5.84. The molecule has 0 bridgehead atoms. The smallest absolute Gasteiger partial charge is 0.371 e. The summed E-state index contributed by atoms with van der Waals surface area (Å²) in [6, 6.07) is 3.09. The van der Waals surface area contributed by atoms with Gasteiger partial charge in [-0.15, -0.1) is 0 Å². The van der Waals surface area contributed by atoms with Crippen molar-refractivity contribution in [3.63, 3.8) is 0 Å². The van der Waals surface area contributed by atoms with Crippen molar-refractivity contribution >= 4 is 17.8 Å². The van der Waals surface area contributed by atoms with Gasteiger partial charge < -0.3 is 19.3 Å². The van der Waals surface area contributed by atoms with Crippen LogP contribution < -0.4 is 4.90 Å². The molecule has 17 heavy (non-hydrogen) atoms. The fraction of sp³-hybridized carbons (Fsp3) is 0.455. The molecule has 92 valence electrons. The van der Waals surface area contributed by atoms with E-state index in [1.165, 1.54) is 6.07 Å². The molecule has 1 aliphatic heterocycles. The van der Waals surface area contributed by atoms with Crippen LogP contribution in [0, 0.1) is 0 Å². The van der Waals surface area contributed by atoms with Crippen molar-refractivity contribution in [2.24, 2.45) is 0 Å². The van der Waals surface area contributed by atoms with Gasteiger partial charge in [0.15, 0.2) is 5.88 Å². The number of amides is 1. The molecule has 0 aliphatic carbocycles. The minimum atomic E-state index is -1.07. The number of hydrogen-bond donors (Lipinski definition) is 1. The minimum absolute atomic E-state index is 0.0611. The molecule has 0 unspecified atom stereocenters. The van der Waals surface area contributed by atoms with Gasteiger partial charge in [0.1, 0.15) is 0 Å². The maximum Gasteiger partial charge on any atom is 0.371 e. The Hall–Kier alpha value is -1.98. The van der Waals surface area contributed by atoms with Crippen molar-refractivity contribution in [2.75, 3.05) is 31.1 Å². The third-order valence-electron chi connectivity index (χ3n) is 2.84. The Bertz CT molecular complexity index is 432. The van der Waals surface area contributed by atoms with Crippen molar-refractivity contribution in [2.45, 2.75) is 6.92 Å². The molecule has 0 saturated carbocycles. The molecule has 0 atom stereocenters. The number of aromatic carboxylic acids is 1. The second-order valence-electron chi connectivity index (χ2n) is 3.94. The van der Waals surface area contributed by atoms with Gasteiger partial charge in [0.25, 0.3) is 0 Å². The second kappa shape index (κ2) is 4.48. The Morgan fingerprint density at radius 2 is 1.88 bits per heavy atom. The summed E-state index contributed by atoms with van der Waals surface area (Å²) in [4.78, 5) is 25.5. The van der Waals surface area contributed by atoms with Crippen LogP contribution in [0.25, 0.3) is 0 Å². The fourth-order valence-electron chi connectivity index (χ4n) is 1.85. The maximum absolute atomic E-state index is 11.1. The zero-order valence-corrected chi connectivity index (χ0v) is 9.55. The van der Waals surface area contributed by atoms with Gasteiger partial charge in [-0.25, -0.2) is 4.79 Å². The summed E-state index contributed by atoms with van der Waals surface area (Å²) in [5.74, 6) is -0.520. The zero-order chi connectivity index (χ0) is 12.4. The minimum Gasteiger partial charge on any atom is -0.475 e. The first-order chi connectivity index (χ1) is 8.08. The van der Waals surface area contributed by atoms with Crippen molar-refractivity contribution in [1.29, 1.82) is 0 Å². The summed E-state index contributed by atoms with van der Waals surface area (Å²) in [7, 11) is 0. The van der Waals surface area contributed by atoms with E-state index in [2.05, 4.69) is 0 Å². The third-order valence-corrected chi connectivity index (χ3v) is 2.84. The van der Waals surface area contributed by atoms with Crippen LogP contribution in [-0.2, 0) is 4.79 Å². The summed E-state index contributed by atoms with van der Waals surface area (Å²) in [5, 5.41) is 8.75. The molecule has 0 radical (unpaired) electrons. The lowest BCUT2D eigenvalue weighted by atomic mass is 10.3. The van der Waals surface area contributed by atoms with E-state index in [1.54, 1.807) is 17.9 Å². The molecule has 1 amide bonds. The van der Waals surface area contributed by atoms with Crippen LogP contribution in [0.5, 0.6) is 0 Å². The predicted octanol–water partition coefficient (Wildman–Crippen LogP) is 0.646. The van der Waals surface area contributed by atoms with E-state index < -0.39 is 5.97 Å². The number of hydrogen-bond acceptors (Lipinski definition) is 4. The number of carbonyl (C=O) groups is 2. The number of carboxylic acids is 1. The molecular weight excluding hydrogens is 224 g/mol. The molecule has 1 fully saturated rings. The van der Waals surface area contributed by atoms with Crippen molar-refractivity contribution in [1.82, 2.24) is 4.90 Å². The number of carbonyl (C=O) groups excluding carboxylic acids is 1. The van der Waals surface area contributed by atoms with Gasteiger partial charge in [0.2, 0.25) is 11.7 Å². The Morgan fingerprint density at radius 3 is 2.35 bits per heavy atom. The van der Waals surface area contributed by atoms with Gasteiger partial charge in [-0.3, -0.25) is 4.79 Å². The van der Waals surface area contributed by atoms with Gasteiger partial charge in [-0.1, -0.05) is 0 Å². The van der Waals surface area contributed by atoms with Crippen LogP contribution >= 0.6 is 0 Å². The van der Waals surface area contributed by atoms with Crippen LogP contribution in [0.3, 0.4) is 0 Å². The summed E-state index contributed by atoms with van der Waals surface area (Å²) in [6.45, 7) is 4.14. The summed E-state index contributed by atoms with van der Waals surface area (Å²) in [5.41, 5.74) is 0. The number of anilines is 1. The number of carboxylic acid groups (broad SMARTS) is 1. The molecule has 0 spiro atoms. The highest BCUT2D eigenvalue weighted by Crippen LogP contribution is 2.20. The summed E-state index contributed by atoms with van der Waals surface area (Å²) in [6.07, 6.45) is 0. The van der Waals surface area contributed by atoms with Crippen LogP contribution in [0.4, 0.5) is 5.88 Å². The molecule has 1 saturated heterocycles. The lowest BCUT2D eigenvalue weighted by molar-refractivity contribution is -0.129. The lowest BCUT2D eigenvalue weighted by Gasteiger charge is -2.33. The molecule has 1 N–H and O–H groups in total. The Labute approximate surface area is 98.4 Å². The molecule has 1 aromatic rings. The quantitative estimate of drug-likeness (QED) is 0.818. The molecule has 1 aromatic heterocycles. The van der Waals surface area contributed by atoms with Gasteiger partial charge >= 0.3 is 5.97 Å². The number of rotatable bonds is 2. The molecule has 6 nitrogen and oxygen atoms in total. The zero-order valence-electron chi connectivity index (χ0n) is 9.55. The topological polar surface area (TPSA) is 74.0 Å². The number of furan rings is 1. The average Bonchev–Trinajstić information content (AvgIpc) is 2.78. The lowest BCUT2D eigenvalue weighted by Crippen LogP contribution is -2.48. The molecule has 1 aliphatic rings. The van der Waals surface area contributed by atoms with E-state index in [4.69, 9.17) is 9.52 Å². The first-order valence-electron chi connectivity index (χ1n) is 5.41. The van der Waals surface area contributed by atoms with Gasteiger partial charge in [0.05, 0.1) is 0 Å². The van der Waals surface area contributed by atoms with Crippen LogP contribution in [0.2, 0.25) is 0 Å². The summed E-state index contributed by atoms with van der Waals surface area (Å²) < 4.78 is 5.20. The summed E-state index contributed by atoms with van der Waals surface area (Å²) >= 11 is 0. The van der Waals surface area contributed by atoms with Gasteiger partial charge in [-0.05, 0) is 6.07 Å². The molecular formula is C11H14N2O4. The Balaban J connectivity index is 2.00. The third kappa shape index (κ3) is 2.41. The standard InChI is InChI=1S/C11H14N2O4/c1-8(14)12-4-6-13(7-5-12)10-3-2-9(17-10)11(15)16/h2-3H,4-7H2,1H3,(H,15,16).